The Morgan fingerprint density at radius 2 is 1.89 bits per heavy atom. The maximum Gasteiger partial charge on any atom is 0.0498 e. The molecular formula is C16H17BrN2. The molecule has 1 unspecified atom stereocenters. The molecule has 1 aliphatic rings. The number of anilines is 1. The second-order valence-electron chi connectivity index (χ2n) is 4.84. The molecule has 2 nitrogen and oxygen atoms in total. The van der Waals surface area contributed by atoms with Crippen LogP contribution in [0.4, 0.5) is 5.69 Å². The highest BCUT2D eigenvalue weighted by atomic mass is 79.9. The van der Waals surface area contributed by atoms with Crippen LogP contribution < -0.4 is 10.2 Å². The van der Waals surface area contributed by atoms with Crippen LogP contribution in [-0.4, -0.2) is 19.6 Å². The minimum atomic E-state index is 0.411. The first-order valence-electron chi connectivity index (χ1n) is 6.62. The van der Waals surface area contributed by atoms with Gasteiger partial charge in [0.25, 0.3) is 0 Å². The lowest BCUT2D eigenvalue weighted by molar-refractivity contribution is 0.472. The summed E-state index contributed by atoms with van der Waals surface area (Å²) in [5.74, 6) is 0. The van der Waals surface area contributed by atoms with Crippen LogP contribution in [0.5, 0.6) is 0 Å². The second-order valence-corrected chi connectivity index (χ2v) is 5.76. The third kappa shape index (κ3) is 2.99. The minimum Gasteiger partial charge on any atom is -0.368 e. The van der Waals surface area contributed by atoms with E-state index in [1.54, 1.807) is 0 Å². The lowest BCUT2D eigenvalue weighted by atomic mass is 10.0. The minimum absolute atomic E-state index is 0.411. The van der Waals surface area contributed by atoms with Gasteiger partial charge in [0, 0.05) is 35.8 Å². The fraction of sp³-hybridized carbons (Fsp3) is 0.250. The van der Waals surface area contributed by atoms with Crippen molar-refractivity contribution in [3.05, 3.63) is 64.6 Å². The summed E-state index contributed by atoms with van der Waals surface area (Å²) in [6.45, 7) is 3.09. The zero-order valence-corrected chi connectivity index (χ0v) is 12.3. The summed E-state index contributed by atoms with van der Waals surface area (Å²) in [6.07, 6.45) is 0. The molecule has 2 aromatic rings. The normalized spacial score (nSPS) is 19.4. The van der Waals surface area contributed by atoms with Gasteiger partial charge in [0.15, 0.2) is 0 Å². The Hall–Kier alpha value is -1.32. The molecule has 0 radical (unpaired) electrons. The van der Waals surface area contributed by atoms with Crippen LogP contribution in [-0.2, 0) is 0 Å². The molecule has 1 atom stereocenters. The summed E-state index contributed by atoms with van der Waals surface area (Å²) in [4.78, 5) is 2.44. The molecule has 3 rings (SSSR count). The molecule has 1 N–H and O–H groups in total. The van der Waals surface area contributed by atoms with Crippen LogP contribution in [0.25, 0.3) is 0 Å². The monoisotopic (exact) mass is 316 g/mol. The van der Waals surface area contributed by atoms with Crippen LogP contribution >= 0.6 is 15.9 Å². The first-order chi connectivity index (χ1) is 9.33. The Kier molecular flexibility index (Phi) is 3.85. The summed E-state index contributed by atoms with van der Waals surface area (Å²) in [5.41, 5.74) is 2.65. The molecule has 0 bridgehead atoms. The predicted molar refractivity (Wildman–Crippen MR) is 83.5 cm³/mol. The largest absolute Gasteiger partial charge is 0.368 e. The van der Waals surface area contributed by atoms with Crippen molar-refractivity contribution in [1.29, 1.82) is 0 Å². The molecule has 2 aromatic carbocycles. The van der Waals surface area contributed by atoms with Gasteiger partial charge in [0.1, 0.15) is 0 Å². The number of nitrogens with zero attached hydrogens (tertiary/aromatic N) is 1. The van der Waals surface area contributed by atoms with Crippen molar-refractivity contribution in [2.24, 2.45) is 0 Å². The molecule has 0 saturated carbocycles. The third-order valence-corrected chi connectivity index (χ3v) is 4.04. The zero-order chi connectivity index (χ0) is 13.1. The van der Waals surface area contributed by atoms with E-state index >= 15 is 0 Å². The fourth-order valence-electron chi connectivity index (χ4n) is 2.57. The molecule has 0 spiro atoms. The standard InChI is InChI=1S/C16H17BrN2/c17-14-7-4-8-15(11-14)19-10-9-18-16(12-19)13-5-2-1-3-6-13/h1-8,11,16,18H,9-10,12H2. The van der Waals surface area contributed by atoms with Crippen molar-refractivity contribution >= 4 is 21.6 Å². The van der Waals surface area contributed by atoms with E-state index in [1.165, 1.54) is 11.3 Å². The van der Waals surface area contributed by atoms with Crippen LogP contribution in [0.15, 0.2) is 59.1 Å². The van der Waals surface area contributed by atoms with Gasteiger partial charge >= 0.3 is 0 Å². The quantitative estimate of drug-likeness (QED) is 0.910. The summed E-state index contributed by atoms with van der Waals surface area (Å²) < 4.78 is 1.14. The van der Waals surface area contributed by atoms with Crippen molar-refractivity contribution in [3.8, 4) is 0 Å². The summed E-state index contributed by atoms with van der Waals surface area (Å²) in [6, 6.07) is 19.6. The van der Waals surface area contributed by atoms with Crippen LogP contribution in [0.3, 0.4) is 0 Å². The average Bonchev–Trinajstić information content (AvgIpc) is 2.48. The maximum atomic E-state index is 3.60. The molecule has 1 saturated heterocycles. The van der Waals surface area contributed by atoms with E-state index in [0.29, 0.717) is 6.04 Å². The maximum absolute atomic E-state index is 3.60. The summed E-state index contributed by atoms with van der Waals surface area (Å²) in [7, 11) is 0. The number of piperazine rings is 1. The van der Waals surface area contributed by atoms with Gasteiger partial charge in [-0.2, -0.15) is 0 Å². The van der Waals surface area contributed by atoms with Crippen molar-refractivity contribution in [3.63, 3.8) is 0 Å². The van der Waals surface area contributed by atoms with Crippen molar-refractivity contribution < 1.29 is 0 Å². The van der Waals surface area contributed by atoms with E-state index in [1.807, 2.05) is 0 Å². The Morgan fingerprint density at radius 1 is 1.05 bits per heavy atom. The van der Waals surface area contributed by atoms with E-state index in [0.717, 1.165) is 24.1 Å². The molecule has 1 fully saturated rings. The Bertz CT molecular complexity index is 541. The highest BCUT2D eigenvalue weighted by Crippen LogP contribution is 2.24. The summed E-state index contributed by atoms with van der Waals surface area (Å²) in [5, 5.41) is 3.60. The number of nitrogens with one attached hydrogen (secondary N) is 1. The van der Waals surface area contributed by atoms with E-state index in [4.69, 9.17) is 0 Å². The third-order valence-electron chi connectivity index (χ3n) is 3.55. The van der Waals surface area contributed by atoms with Gasteiger partial charge in [-0.1, -0.05) is 52.3 Å². The van der Waals surface area contributed by atoms with E-state index < -0.39 is 0 Å². The van der Waals surface area contributed by atoms with Gasteiger partial charge in [-0.25, -0.2) is 0 Å². The van der Waals surface area contributed by atoms with Gasteiger partial charge < -0.3 is 10.2 Å². The van der Waals surface area contributed by atoms with Crippen LogP contribution in [0.1, 0.15) is 11.6 Å². The van der Waals surface area contributed by atoms with E-state index in [2.05, 4.69) is 80.7 Å². The van der Waals surface area contributed by atoms with Crippen LogP contribution in [0.2, 0.25) is 0 Å². The second kappa shape index (κ2) is 5.76. The molecule has 1 aliphatic heterocycles. The van der Waals surface area contributed by atoms with Gasteiger partial charge in [-0.05, 0) is 23.8 Å². The topological polar surface area (TPSA) is 15.3 Å². The summed E-state index contributed by atoms with van der Waals surface area (Å²) >= 11 is 3.55. The highest BCUT2D eigenvalue weighted by Gasteiger charge is 2.20. The molecule has 0 amide bonds. The number of benzene rings is 2. The molecule has 0 aliphatic carbocycles. The fourth-order valence-corrected chi connectivity index (χ4v) is 2.95. The first-order valence-corrected chi connectivity index (χ1v) is 7.41. The number of hydrogen-bond acceptors (Lipinski definition) is 2. The van der Waals surface area contributed by atoms with Crippen molar-refractivity contribution in [1.82, 2.24) is 5.32 Å². The molecule has 1 heterocycles. The average molecular weight is 317 g/mol. The Morgan fingerprint density at radius 3 is 2.68 bits per heavy atom. The first kappa shape index (κ1) is 12.7. The van der Waals surface area contributed by atoms with Crippen molar-refractivity contribution in [2.45, 2.75) is 6.04 Å². The number of hydrogen-bond donors (Lipinski definition) is 1. The Balaban J connectivity index is 1.78. The lowest BCUT2D eigenvalue weighted by Crippen LogP contribution is -2.45. The van der Waals surface area contributed by atoms with Gasteiger partial charge in [0.05, 0.1) is 0 Å². The Labute approximate surface area is 122 Å². The SMILES string of the molecule is Brc1cccc(N2CCNC(c3ccccc3)C2)c1. The number of halogens is 1. The predicted octanol–water partition coefficient (Wildman–Crippen LogP) is 3.60. The lowest BCUT2D eigenvalue weighted by Gasteiger charge is -2.35. The van der Waals surface area contributed by atoms with Gasteiger partial charge in [-0.3, -0.25) is 0 Å². The molecular weight excluding hydrogens is 300 g/mol. The van der Waals surface area contributed by atoms with Gasteiger partial charge in [-0.15, -0.1) is 0 Å². The van der Waals surface area contributed by atoms with Crippen LogP contribution in [0, 0.1) is 0 Å². The van der Waals surface area contributed by atoms with E-state index in [9.17, 15) is 0 Å². The van der Waals surface area contributed by atoms with E-state index in [-0.39, 0.29) is 0 Å². The van der Waals surface area contributed by atoms with Crippen molar-refractivity contribution in [2.75, 3.05) is 24.5 Å². The highest BCUT2D eigenvalue weighted by molar-refractivity contribution is 9.10. The molecule has 19 heavy (non-hydrogen) atoms. The molecule has 0 aromatic heterocycles. The zero-order valence-electron chi connectivity index (χ0n) is 10.7. The smallest absolute Gasteiger partial charge is 0.0498 e. The van der Waals surface area contributed by atoms with Gasteiger partial charge in [0.2, 0.25) is 0 Å². The molecule has 3 heteroatoms. The number of rotatable bonds is 2. The molecule has 98 valence electrons.